The summed E-state index contributed by atoms with van der Waals surface area (Å²) in [4.78, 5) is 0. The topological polar surface area (TPSA) is 59.4 Å². The van der Waals surface area contributed by atoms with Crippen molar-refractivity contribution in [2.75, 3.05) is 6.73 Å². The second kappa shape index (κ2) is 11.1. The Hall–Kier alpha value is -1.77. The van der Waals surface area contributed by atoms with Crippen molar-refractivity contribution in [2.24, 2.45) is 0 Å². The molecule has 0 saturated carbocycles. The predicted molar refractivity (Wildman–Crippen MR) is 141 cm³/mol. The smallest absolute Gasteiger partial charge is 0.145 e. The average molecular weight is 501 g/mol. The second-order valence-electron chi connectivity index (χ2n) is 8.29. The minimum atomic E-state index is 0.277. The normalized spacial score (nSPS) is 13.8. The third-order valence-corrected chi connectivity index (χ3v) is 6.68. The van der Waals surface area contributed by atoms with Gasteiger partial charge in [0, 0.05) is 60.5 Å². The van der Waals surface area contributed by atoms with E-state index in [0.29, 0.717) is 38.7 Å². The minimum Gasteiger partial charge on any atom is -0.508 e. The number of hydrogen-bond donors (Lipinski definition) is 2. The SMILES string of the molecule is Oc1ccccc1CN(P)Cc1cccc(CN(P)Cc2cccc3c2OCN(P)C3)c1O. The fourth-order valence-electron chi connectivity index (χ4n) is 4.02. The Morgan fingerprint density at radius 1 is 0.758 bits per heavy atom. The van der Waals surface area contributed by atoms with Crippen LogP contribution in [0.4, 0.5) is 0 Å². The molecule has 33 heavy (non-hydrogen) atoms. The number of phenols is 2. The van der Waals surface area contributed by atoms with Crippen molar-refractivity contribution in [2.45, 2.75) is 32.7 Å². The molecule has 0 bridgehead atoms. The molecule has 0 spiro atoms. The molecule has 3 aromatic carbocycles. The van der Waals surface area contributed by atoms with E-state index in [4.69, 9.17) is 4.74 Å². The molecule has 3 unspecified atom stereocenters. The fourth-order valence-corrected chi connectivity index (χ4v) is 5.07. The van der Waals surface area contributed by atoms with Crippen LogP contribution in [-0.4, -0.2) is 31.0 Å². The third kappa shape index (κ3) is 6.22. The molecule has 1 aliphatic heterocycles. The van der Waals surface area contributed by atoms with Gasteiger partial charge in [-0.3, -0.25) is 14.0 Å². The summed E-state index contributed by atoms with van der Waals surface area (Å²) in [5.74, 6) is 1.54. The van der Waals surface area contributed by atoms with Crippen LogP contribution >= 0.6 is 28.2 Å². The first-order chi connectivity index (χ1) is 15.9. The van der Waals surface area contributed by atoms with Gasteiger partial charge in [-0.05, 0) is 6.07 Å². The quantitative estimate of drug-likeness (QED) is 0.440. The highest BCUT2D eigenvalue weighted by atomic mass is 31.0. The van der Waals surface area contributed by atoms with Crippen molar-refractivity contribution in [3.8, 4) is 17.2 Å². The van der Waals surface area contributed by atoms with Crippen LogP contribution in [0, 0.1) is 0 Å². The molecule has 0 aromatic heterocycles. The Morgan fingerprint density at radius 2 is 1.30 bits per heavy atom. The average Bonchev–Trinajstić information content (AvgIpc) is 2.78. The van der Waals surface area contributed by atoms with Crippen molar-refractivity contribution in [1.82, 2.24) is 14.0 Å². The molecule has 2 N–H and O–H groups in total. The van der Waals surface area contributed by atoms with E-state index in [9.17, 15) is 10.2 Å². The molecule has 4 rings (SSSR count). The maximum absolute atomic E-state index is 10.9. The molecule has 0 aliphatic carbocycles. The number of nitrogens with zero attached hydrogens (tertiary/aromatic N) is 3. The lowest BCUT2D eigenvalue weighted by atomic mass is 10.1. The molecule has 6 nitrogen and oxygen atoms in total. The first-order valence-corrected chi connectivity index (χ1v) is 12.2. The first-order valence-electron chi connectivity index (χ1n) is 10.7. The van der Waals surface area contributed by atoms with Crippen molar-refractivity contribution in [1.29, 1.82) is 0 Å². The highest BCUT2D eigenvalue weighted by Gasteiger charge is 2.19. The molecule has 3 aromatic rings. The minimum absolute atomic E-state index is 0.277. The zero-order chi connectivity index (χ0) is 23.4. The molecule has 0 fully saturated rings. The number of para-hydroxylation sites is 3. The van der Waals surface area contributed by atoms with Gasteiger partial charge >= 0.3 is 0 Å². The summed E-state index contributed by atoms with van der Waals surface area (Å²) in [5, 5.41) is 21.0. The lowest BCUT2D eigenvalue weighted by Crippen LogP contribution is -2.24. The van der Waals surface area contributed by atoms with Crippen LogP contribution in [0.1, 0.15) is 27.8 Å². The predicted octanol–water partition coefficient (Wildman–Crippen LogP) is 4.62. The van der Waals surface area contributed by atoms with Gasteiger partial charge < -0.3 is 14.9 Å². The third-order valence-electron chi connectivity index (χ3n) is 5.61. The van der Waals surface area contributed by atoms with E-state index in [1.54, 1.807) is 6.07 Å². The molecular weight excluding hydrogens is 471 g/mol. The van der Waals surface area contributed by atoms with Crippen molar-refractivity contribution < 1.29 is 14.9 Å². The molecule has 0 amide bonds. The second-order valence-corrected chi connectivity index (χ2v) is 10.5. The van der Waals surface area contributed by atoms with Crippen molar-refractivity contribution >= 4 is 28.2 Å². The fraction of sp³-hybridized carbons (Fsp3) is 0.250. The highest BCUT2D eigenvalue weighted by Crippen LogP contribution is 2.33. The molecule has 9 heteroatoms. The molecule has 1 aliphatic rings. The Balaban J connectivity index is 1.42. The lowest BCUT2D eigenvalue weighted by Gasteiger charge is -2.28. The van der Waals surface area contributed by atoms with Crippen molar-refractivity contribution in [3.63, 3.8) is 0 Å². The Bertz CT molecular complexity index is 1120. The van der Waals surface area contributed by atoms with Gasteiger partial charge in [-0.25, -0.2) is 0 Å². The van der Waals surface area contributed by atoms with E-state index in [-0.39, 0.29) is 5.75 Å². The van der Waals surface area contributed by atoms with Gasteiger partial charge in [0.25, 0.3) is 0 Å². The zero-order valence-corrected chi connectivity index (χ0v) is 21.9. The number of fused-ring (bicyclic) bond motifs is 1. The summed E-state index contributed by atoms with van der Waals surface area (Å²) < 4.78 is 12.1. The summed E-state index contributed by atoms with van der Waals surface area (Å²) in [6.07, 6.45) is 0. The van der Waals surface area contributed by atoms with Gasteiger partial charge in [-0.2, -0.15) is 0 Å². The molecule has 0 saturated heterocycles. The molecule has 0 radical (unpaired) electrons. The monoisotopic (exact) mass is 501 g/mol. The standard InChI is InChI=1S/C24H30N3O3P3/c28-22-10-2-1-5-17(22)11-25(31)12-18-6-3-7-19(23(18)29)13-26(32)14-20-8-4-9-21-15-27(33)16-30-24(20)21/h1-10,28-29H,11-16,31-33H2. The van der Waals surface area contributed by atoms with Crippen LogP contribution in [0.3, 0.4) is 0 Å². The van der Waals surface area contributed by atoms with Crippen LogP contribution in [0.15, 0.2) is 60.7 Å². The van der Waals surface area contributed by atoms with Crippen LogP contribution < -0.4 is 4.74 Å². The van der Waals surface area contributed by atoms with Crippen molar-refractivity contribution in [3.05, 3.63) is 88.5 Å². The molecule has 174 valence electrons. The van der Waals surface area contributed by atoms with Crippen LogP contribution in [0.5, 0.6) is 17.2 Å². The summed E-state index contributed by atoms with van der Waals surface area (Å²) in [6, 6.07) is 19.4. The van der Waals surface area contributed by atoms with E-state index >= 15 is 0 Å². The number of aromatic hydroxyl groups is 2. The van der Waals surface area contributed by atoms with Crippen LogP contribution in [0.2, 0.25) is 0 Å². The van der Waals surface area contributed by atoms with E-state index in [0.717, 1.165) is 34.5 Å². The van der Waals surface area contributed by atoms with Gasteiger partial charge in [0.05, 0.1) is 0 Å². The number of ether oxygens (including phenoxy) is 1. The number of benzene rings is 3. The molecule has 1 heterocycles. The first kappa shape index (κ1) is 24.4. The Labute approximate surface area is 202 Å². The summed E-state index contributed by atoms with van der Waals surface area (Å²) in [6.45, 7) is 3.78. The van der Waals surface area contributed by atoms with Gasteiger partial charge in [0.15, 0.2) is 0 Å². The van der Waals surface area contributed by atoms with Crippen LogP contribution in [0.25, 0.3) is 0 Å². The lowest BCUT2D eigenvalue weighted by molar-refractivity contribution is 0.177. The molecule has 3 atom stereocenters. The maximum atomic E-state index is 10.9. The van der Waals surface area contributed by atoms with E-state index in [1.807, 2.05) is 41.1 Å². The zero-order valence-electron chi connectivity index (χ0n) is 18.4. The van der Waals surface area contributed by atoms with Gasteiger partial charge in [-0.1, -0.05) is 82.8 Å². The number of phenolic OH excluding ortho intramolecular Hbond substituents is 2. The highest BCUT2D eigenvalue weighted by molar-refractivity contribution is 7.13. The number of rotatable bonds is 8. The maximum Gasteiger partial charge on any atom is 0.145 e. The summed E-state index contributed by atoms with van der Waals surface area (Å²) in [7, 11) is 8.13. The largest absolute Gasteiger partial charge is 0.508 e. The number of hydrogen-bond acceptors (Lipinski definition) is 6. The van der Waals surface area contributed by atoms with Crippen LogP contribution in [-0.2, 0) is 32.7 Å². The van der Waals surface area contributed by atoms with Gasteiger partial charge in [0.1, 0.15) is 24.0 Å². The van der Waals surface area contributed by atoms with Gasteiger partial charge in [-0.15, -0.1) is 0 Å². The summed E-state index contributed by atoms with van der Waals surface area (Å²) >= 11 is 0. The Kier molecular flexibility index (Phi) is 8.20. The van der Waals surface area contributed by atoms with E-state index in [2.05, 4.69) is 55.7 Å². The van der Waals surface area contributed by atoms with Gasteiger partial charge in [0.2, 0.25) is 0 Å². The Morgan fingerprint density at radius 3 is 2.00 bits per heavy atom. The summed E-state index contributed by atoms with van der Waals surface area (Å²) in [5.41, 5.74) is 4.87. The van der Waals surface area contributed by atoms with E-state index in [1.165, 1.54) is 5.56 Å². The molecular formula is C24H30N3O3P3. The van der Waals surface area contributed by atoms with E-state index < -0.39 is 0 Å².